The number of carbonyl (C=O) groups excluding carboxylic acids is 2. The Morgan fingerprint density at radius 2 is 2.16 bits per heavy atom. The fraction of sp³-hybridized carbons (Fsp3) is 0.515. The van der Waals surface area contributed by atoms with E-state index in [4.69, 9.17) is 19.9 Å². The van der Waals surface area contributed by atoms with E-state index in [0.717, 1.165) is 30.1 Å². The summed E-state index contributed by atoms with van der Waals surface area (Å²) in [5, 5.41) is 21.0. The number of aliphatic hydroxyl groups is 1. The lowest BCUT2D eigenvalue weighted by atomic mass is 9.44. The van der Waals surface area contributed by atoms with E-state index < -0.39 is 34.5 Å². The molecule has 0 saturated heterocycles. The van der Waals surface area contributed by atoms with Crippen molar-refractivity contribution in [3.63, 3.8) is 0 Å². The number of allylic oxidation sites excluding steroid dienone is 3. The summed E-state index contributed by atoms with van der Waals surface area (Å²) in [7, 11) is 0. The smallest absolute Gasteiger partial charge is 0.361 e. The molecule has 0 bridgehead atoms. The fourth-order valence-electron chi connectivity index (χ4n) is 9.22. The highest BCUT2D eigenvalue weighted by molar-refractivity contribution is 8.14. The van der Waals surface area contributed by atoms with Crippen molar-refractivity contribution in [2.45, 2.75) is 64.6 Å². The summed E-state index contributed by atoms with van der Waals surface area (Å²) >= 11 is 0.848. The number of aromatic nitrogens is 2. The van der Waals surface area contributed by atoms with Gasteiger partial charge in [-0.1, -0.05) is 38.1 Å². The third-order valence-electron chi connectivity index (χ3n) is 11.0. The number of oxazole rings is 1. The van der Waals surface area contributed by atoms with Gasteiger partial charge >= 0.3 is 5.97 Å². The van der Waals surface area contributed by atoms with E-state index in [2.05, 4.69) is 29.9 Å². The number of aliphatic hydroxyl groups excluding tert-OH is 1. The molecule has 4 aliphatic rings. The molecule has 3 fully saturated rings. The Balaban J connectivity index is 1.38. The zero-order valence-electron chi connectivity index (χ0n) is 25.4. The van der Waals surface area contributed by atoms with Gasteiger partial charge in [-0.25, -0.2) is 19.8 Å². The second kappa shape index (κ2) is 11.5. The third kappa shape index (κ3) is 4.91. The predicted molar refractivity (Wildman–Crippen MR) is 164 cm³/mol. The molecule has 0 spiro atoms. The molecule has 8 unspecified atom stereocenters. The highest BCUT2D eigenvalue weighted by Crippen LogP contribution is 2.69. The van der Waals surface area contributed by atoms with Gasteiger partial charge in [0.05, 0.1) is 35.5 Å². The van der Waals surface area contributed by atoms with Crippen LogP contribution in [0.2, 0.25) is 0 Å². The number of esters is 1. The van der Waals surface area contributed by atoms with Gasteiger partial charge in [-0.15, -0.1) is 0 Å². The highest BCUT2D eigenvalue weighted by atomic mass is 32.2. The normalized spacial score (nSPS) is 37.2. The summed E-state index contributed by atoms with van der Waals surface area (Å²) in [4.78, 5) is 39.6. The van der Waals surface area contributed by atoms with Crippen molar-refractivity contribution in [1.82, 2.24) is 9.97 Å². The van der Waals surface area contributed by atoms with E-state index in [1.807, 2.05) is 13.0 Å². The predicted octanol–water partition coefficient (Wildman–Crippen LogP) is 5.29. The average Bonchev–Trinajstić information content (AvgIpc) is 3.64. The summed E-state index contributed by atoms with van der Waals surface area (Å²) in [6, 6.07) is 4.84. The fourth-order valence-corrected chi connectivity index (χ4v) is 10.0. The monoisotopic (exact) mass is 633 g/mol. The first-order valence-electron chi connectivity index (χ1n) is 15.1. The van der Waals surface area contributed by atoms with E-state index in [0.29, 0.717) is 24.2 Å². The Hall–Kier alpha value is -3.82. The summed E-state index contributed by atoms with van der Waals surface area (Å²) in [5.74, 6) is -1.46. The Morgan fingerprint density at radius 3 is 2.82 bits per heavy atom. The van der Waals surface area contributed by atoms with Crippen LogP contribution in [0.1, 0.15) is 63.4 Å². The summed E-state index contributed by atoms with van der Waals surface area (Å²) in [6.07, 6.45) is 8.96. The standard InChI is InChI=1S/C33H36FN5O5S/c1-18-10-21-22-6-7-33(30(42)45-9-8-35,44-29(41)25-16-43-17-38-25)32(22,3)13-26(40)28(21)31(2)12-19(14-36)24(11-23(18)31)39-20-4-5-27(34)37-15-20/h4-5,11,14-18,21-22,26,28,40H,6-7,9-10,12-13,36H2,1-3H3. The molecule has 3 saturated carbocycles. The van der Waals surface area contributed by atoms with Crippen molar-refractivity contribution in [1.29, 1.82) is 5.26 Å². The minimum Gasteiger partial charge on any atom is -0.451 e. The number of hydrogen-bond donors (Lipinski definition) is 2. The molecule has 236 valence electrons. The Morgan fingerprint density at radius 1 is 1.36 bits per heavy atom. The zero-order valence-corrected chi connectivity index (χ0v) is 26.2. The van der Waals surface area contributed by atoms with Crippen LogP contribution in [0.3, 0.4) is 0 Å². The van der Waals surface area contributed by atoms with Gasteiger partial charge in [0.25, 0.3) is 0 Å². The van der Waals surface area contributed by atoms with E-state index in [9.17, 15) is 24.3 Å². The molecule has 3 N–H and O–H groups in total. The van der Waals surface area contributed by atoms with Gasteiger partial charge in [-0.2, -0.15) is 9.65 Å². The molecule has 45 heavy (non-hydrogen) atoms. The summed E-state index contributed by atoms with van der Waals surface area (Å²) in [5.41, 5.74) is 6.45. The van der Waals surface area contributed by atoms with Crippen LogP contribution in [0.5, 0.6) is 0 Å². The zero-order chi connectivity index (χ0) is 32.1. The molecule has 0 radical (unpaired) electrons. The van der Waals surface area contributed by atoms with Gasteiger partial charge in [0, 0.05) is 5.41 Å². The first-order chi connectivity index (χ1) is 21.5. The number of halogens is 1. The number of hydrogen-bond acceptors (Lipinski definition) is 11. The Bertz CT molecular complexity index is 1640. The van der Waals surface area contributed by atoms with Crippen LogP contribution in [0, 0.1) is 51.8 Å². The quantitative estimate of drug-likeness (QED) is 0.326. The molecular formula is C33H36FN5O5S. The largest absolute Gasteiger partial charge is 0.451 e. The molecule has 0 aromatic carbocycles. The molecule has 0 aliphatic heterocycles. The molecular weight excluding hydrogens is 597 g/mol. The number of nitriles is 1. The second-order valence-corrected chi connectivity index (χ2v) is 14.2. The van der Waals surface area contributed by atoms with Crippen LogP contribution < -0.4 is 5.73 Å². The molecule has 4 aliphatic carbocycles. The lowest BCUT2D eigenvalue weighted by Gasteiger charge is -2.62. The van der Waals surface area contributed by atoms with Gasteiger partial charge in [0.15, 0.2) is 17.7 Å². The van der Waals surface area contributed by atoms with Gasteiger partial charge in [0.1, 0.15) is 6.26 Å². The summed E-state index contributed by atoms with van der Waals surface area (Å²) in [6.45, 7) is 6.31. The second-order valence-electron chi connectivity index (χ2n) is 13.2. The van der Waals surface area contributed by atoms with Crippen molar-refractivity contribution >= 4 is 34.2 Å². The molecule has 2 aromatic rings. The van der Waals surface area contributed by atoms with E-state index in [1.165, 1.54) is 24.1 Å². The van der Waals surface area contributed by atoms with Gasteiger partial charge in [-0.3, -0.25) is 4.79 Å². The third-order valence-corrected chi connectivity index (χ3v) is 11.8. The van der Waals surface area contributed by atoms with Crippen LogP contribution in [-0.2, 0) is 9.53 Å². The maximum absolute atomic E-state index is 13.9. The number of nitrogens with zero attached hydrogens (tertiary/aromatic N) is 4. The van der Waals surface area contributed by atoms with E-state index >= 15 is 0 Å². The summed E-state index contributed by atoms with van der Waals surface area (Å²) < 4.78 is 24.6. The van der Waals surface area contributed by atoms with Crippen molar-refractivity contribution in [3.05, 3.63) is 66.1 Å². The SMILES string of the molecule is CC1CC2C(C(O)CC3(C)C2CCC3(OC(=O)c2cocn2)C(=O)SCC#N)C2(C)CC(=CN)C(=Nc3ccc(F)nc3)C=C12. The Kier molecular flexibility index (Phi) is 7.98. The number of ether oxygens (including phenoxy) is 1. The number of nitrogens with two attached hydrogens (primary N) is 1. The number of pyridine rings is 1. The Labute approximate surface area is 265 Å². The van der Waals surface area contributed by atoms with E-state index in [-0.39, 0.29) is 53.1 Å². The van der Waals surface area contributed by atoms with Crippen molar-refractivity contribution in [3.8, 4) is 6.07 Å². The van der Waals surface area contributed by atoms with Crippen molar-refractivity contribution in [2.24, 2.45) is 45.2 Å². The maximum Gasteiger partial charge on any atom is 0.361 e. The van der Waals surface area contributed by atoms with Crippen LogP contribution in [0.15, 0.2) is 63.8 Å². The first kappa shape index (κ1) is 31.2. The molecule has 12 heteroatoms. The van der Waals surface area contributed by atoms with Crippen LogP contribution in [0.25, 0.3) is 0 Å². The number of thioether (sulfide) groups is 1. The van der Waals surface area contributed by atoms with E-state index in [1.54, 1.807) is 12.3 Å². The molecule has 10 nitrogen and oxygen atoms in total. The average molecular weight is 634 g/mol. The van der Waals surface area contributed by atoms with Crippen molar-refractivity contribution in [2.75, 3.05) is 5.75 Å². The number of carbonyl (C=O) groups is 2. The topological polar surface area (TPSA) is 165 Å². The molecule has 0 amide bonds. The van der Waals surface area contributed by atoms with Crippen LogP contribution in [0.4, 0.5) is 10.1 Å². The van der Waals surface area contributed by atoms with Crippen molar-refractivity contribution < 1.29 is 28.2 Å². The molecule has 8 atom stereocenters. The number of fused-ring (bicyclic) bond motifs is 5. The van der Waals surface area contributed by atoms with Crippen LogP contribution in [-0.4, -0.2) is 49.3 Å². The molecule has 2 heterocycles. The minimum absolute atomic E-state index is 0.0242. The minimum atomic E-state index is -1.54. The lowest BCUT2D eigenvalue weighted by molar-refractivity contribution is -0.177. The highest BCUT2D eigenvalue weighted by Gasteiger charge is 2.71. The molecule has 6 rings (SSSR count). The lowest BCUT2D eigenvalue weighted by Crippen LogP contribution is -2.63. The molecule has 2 aromatic heterocycles. The number of aliphatic imine (C=N–C) groups is 1. The van der Waals surface area contributed by atoms with Gasteiger partial charge in [0.2, 0.25) is 11.1 Å². The maximum atomic E-state index is 13.9. The van der Waals surface area contributed by atoms with Gasteiger partial charge < -0.3 is 20.0 Å². The van der Waals surface area contributed by atoms with Gasteiger partial charge in [-0.05, 0) is 91.2 Å². The van der Waals surface area contributed by atoms with Crippen LogP contribution >= 0.6 is 11.8 Å². The number of rotatable bonds is 5. The first-order valence-corrected chi connectivity index (χ1v) is 16.1.